The number of nitriles is 3. The Morgan fingerprint density at radius 3 is 1.84 bits per heavy atom. The smallest absolute Gasteiger partial charge is 0.0992 e. The lowest BCUT2D eigenvalue weighted by atomic mass is 9.79. The molecule has 238 valence electrons. The van der Waals surface area contributed by atoms with E-state index in [0.717, 1.165) is 66.5 Å². The molecule has 2 atom stereocenters. The van der Waals surface area contributed by atoms with Gasteiger partial charge in [0.05, 0.1) is 63.0 Å². The minimum absolute atomic E-state index is 0.0102. The van der Waals surface area contributed by atoms with E-state index in [4.69, 9.17) is 0 Å². The third kappa shape index (κ3) is 4.67. The van der Waals surface area contributed by atoms with E-state index in [0.29, 0.717) is 11.1 Å². The molecule has 8 aromatic rings. The second kappa shape index (κ2) is 11.8. The highest BCUT2D eigenvalue weighted by molar-refractivity contribution is 6.13. The Morgan fingerprint density at radius 2 is 1.12 bits per heavy atom. The number of hydrogen-bond acceptors (Lipinski definition) is 3. The highest BCUT2D eigenvalue weighted by Gasteiger charge is 2.29. The van der Waals surface area contributed by atoms with Crippen LogP contribution in [0.15, 0.2) is 146 Å². The van der Waals surface area contributed by atoms with Crippen LogP contribution in [0, 0.1) is 45.8 Å². The molecule has 0 bridgehead atoms. The lowest BCUT2D eigenvalue weighted by Crippen LogP contribution is -2.17. The summed E-state index contributed by atoms with van der Waals surface area (Å²) < 4.78 is 4.48. The molecule has 6 aromatic carbocycles. The lowest BCUT2D eigenvalue weighted by Gasteiger charge is -2.27. The summed E-state index contributed by atoms with van der Waals surface area (Å²) >= 11 is 0. The molecule has 9 rings (SSSR count). The fraction of sp³-hybridized carbons (Fsp3) is 0.0652. The van der Waals surface area contributed by atoms with Crippen molar-refractivity contribution in [3.63, 3.8) is 0 Å². The summed E-state index contributed by atoms with van der Waals surface area (Å²) in [4.78, 5) is 0. The fourth-order valence-corrected chi connectivity index (χ4v) is 7.88. The SMILES string of the molecule is CC1C=CC(n2c3ccc(C#N)cc3c3ccc(C#N)cc32)=C(c2cccc(-c3cccc(-n4c5ccccc5c5ccccc54)c3)c2)C1C#N. The Balaban J connectivity index is 1.26. The van der Waals surface area contributed by atoms with Gasteiger partial charge in [0.25, 0.3) is 0 Å². The first kappa shape index (κ1) is 30.0. The largest absolute Gasteiger partial charge is 0.309 e. The van der Waals surface area contributed by atoms with Gasteiger partial charge in [0.2, 0.25) is 0 Å². The number of hydrogen-bond donors (Lipinski definition) is 0. The predicted molar refractivity (Wildman–Crippen MR) is 206 cm³/mol. The summed E-state index contributed by atoms with van der Waals surface area (Å²) in [6.45, 7) is 2.08. The number of nitrogens with zero attached hydrogens (tertiary/aromatic N) is 5. The molecule has 0 saturated carbocycles. The summed E-state index contributed by atoms with van der Waals surface area (Å²) in [5.74, 6) is -0.418. The predicted octanol–water partition coefficient (Wildman–Crippen LogP) is 11.0. The van der Waals surface area contributed by atoms with Crippen LogP contribution in [-0.4, -0.2) is 9.13 Å². The van der Waals surface area contributed by atoms with Crippen LogP contribution in [0.5, 0.6) is 0 Å². The fourth-order valence-electron chi connectivity index (χ4n) is 7.88. The van der Waals surface area contributed by atoms with E-state index < -0.39 is 5.92 Å². The van der Waals surface area contributed by atoms with Crippen molar-refractivity contribution in [1.82, 2.24) is 9.13 Å². The first-order valence-electron chi connectivity index (χ1n) is 17.0. The molecular weight excluding hydrogens is 623 g/mol. The van der Waals surface area contributed by atoms with Crippen molar-refractivity contribution >= 4 is 54.9 Å². The highest BCUT2D eigenvalue weighted by Crippen LogP contribution is 2.43. The second-order valence-corrected chi connectivity index (χ2v) is 13.1. The first-order valence-corrected chi connectivity index (χ1v) is 17.0. The van der Waals surface area contributed by atoms with Crippen LogP contribution in [0.3, 0.4) is 0 Å². The van der Waals surface area contributed by atoms with Gasteiger partial charge in [0.15, 0.2) is 0 Å². The topological polar surface area (TPSA) is 81.2 Å². The first-order chi connectivity index (χ1) is 25.1. The molecule has 2 heterocycles. The lowest BCUT2D eigenvalue weighted by molar-refractivity contribution is 0.631. The maximum absolute atomic E-state index is 10.7. The van der Waals surface area contributed by atoms with E-state index >= 15 is 0 Å². The summed E-state index contributed by atoms with van der Waals surface area (Å²) in [6.07, 6.45) is 4.21. The van der Waals surface area contributed by atoms with Crippen molar-refractivity contribution in [3.8, 4) is 35.0 Å². The molecule has 0 spiro atoms. The van der Waals surface area contributed by atoms with Crippen molar-refractivity contribution in [2.24, 2.45) is 11.8 Å². The molecule has 0 amide bonds. The number of fused-ring (bicyclic) bond motifs is 6. The van der Waals surface area contributed by atoms with Crippen molar-refractivity contribution in [2.45, 2.75) is 6.92 Å². The van der Waals surface area contributed by atoms with Crippen LogP contribution < -0.4 is 0 Å². The molecule has 1 aliphatic rings. The molecule has 0 saturated heterocycles. The van der Waals surface area contributed by atoms with E-state index in [2.05, 4.69) is 143 Å². The van der Waals surface area contributed by atoms with Gasteiger partial charge in [0, 0.05) is 32.8 Å². The zero-order valence-electron chi connectivity index (χ0n) is 27.7. The third-order valence-electron chi connectivity index (χ3n) is 10.3. The van der Waals surface area contributed by atoms with Crippen LogP contribution in [0.4, 0.5) is 0 Å². The molecule has 5 heteroatoms. The standard InChI is InChI=1S/C46H29N5/c1-29-16-20-44(51-43-21-18-30(26-47)22-39(43)38-19-17-31(27-48)23-45(38)51)46(40(29)28-49)34-10-6-8-32(24-34)33-9-7-11-35(25-33)50-41-14-4-2-12-36(41)37-13-3-5-15-42(37)50/h2-25,29,40H,1H3. The second-order valence-electron chi connectivity index (χ2n) is 13.1. The van der Waals surface area contributed by atoms with Crippen LogP contribution in [0.2, 0.25) is 0 Å². The Labute approximate surface area is 295 Å². The van der Waals surface area contributed by atoms with Gasteiger partial charge in [-0.2, -0.15) is 15.8 Å². The summed E-state index contributed by atoms with van der Waals surface area (Å²) in [5.41, 5.74) is 11.2. The number of rotatable bonds is 4. The van der Waals surface area contributed by atoms with Gasteiger partial charge in [-0.15, -0.1) is 0 Å². The van der Waals surface area contributed by atoms with Gasteiger partial charge >= 0.3 is 0 Å². The molecule has 0 fully saturated rings. The van der Waals surface area contributed by atoms with Gasteiger partial charge in [-0.05, 0) is 89.3 Å². The monoisotopic (exact) mass is 651 g/mol. The van der Waals surface area contributed by atoms with Crippen molar-refractivity contribution < 1.29 is 0 Å². The average molecular weight is 652 g/mol. The maximum Gasteiger partial charge on any atom is 0.0992 e. The molecule has 1 aliphatic carbocycles. The Morgan fingerprint density at radius 1 is 0.510 bits per heavy atom. The van der Waals surface area contributed by atoms with Gasteiger partial charge in [0.1, 0.15) is 0 Å². The molecule has 0 N–H and O–H groups in total. The Kier molecular flexibility index (Phi) is 6.92. The van der Waals surface area contributed by atoms with Gasteiger partial charge in [-0.25, -0.2) is 0 Å². The van der Waals surface area contributed by atoms with E-state index in [-0.39, 0.29) is 5.92 Å². The maximum atomic E-state index is 10.7. The van der Waals surface area contributed by atoms with Crippen LogP contribution in [0.1, 0.15) is 23.6 Å². The quantitative estimate of drug-likeness (QED) is 0.190. The molecule has 5 nitrogen and oxygen atoms in total. The molecule has 2 aromatic heterocycles. The van der Waals surface area contributed by atoms with Gasteiger partial charge in [-0.3, -0.25) is 0 Å². The van der Waals surface area contributed by atoms with E-state index in [1.165, 1.54) is 10.8 Å². The van der Waals surface area contributed by atoms with Crippen molar-refractivity contribution in [1.29, 1.82) is 15.8 Å². The highest BCUT2D eigenvalue weighted by atomic mass is 15.0. The Hall–Kier alpha value is -7.13. The van der Waals surface area contributed by atoms with Gasteiger partial charge < -0.3 is 9.13 Å². The zero-order valence-corrected chi connectivity index (χ0v) is 27.7. The summed E-state index contributed by atoms with van der Waals surface area (Å²) in [5, 5.41) is 34.6. The van der Waals surface area contributed by atoms with E-state index in [1.54, 1.807) is 0 Å². The molecule has 51 heavy (non-hydrogen) atoms. The minimum atomic E-state index is -0.408. The number of aromatic nitrogens is 2. The van der Waals surface area contributed by atoms with E-state index in [9.17, 15) is 15.8 Å². The molecule has 0 radical (unpaired) electrons. The van der Waals surface area contributed by atoms with Crippen LogP contribution in [-0.2, 0) is 0 Å². The Bertz CT molecular complexity index is 2880. The van der Waals surface area contributed by atoms with Gasteiger partial charge in [-0.1, -0.05) is 85.8 Å². The summed E-state index contributed by atoms with van der Waals surface area (Å²) in [7, 11) is 0. The summed E-state index contributed by atoms with van der Waals surface area (Å²) in [6, 6.07) is 52.7. The zero-order chi connectivity index (χ0) is 34.6. The van der Waals surface area contributed by atoms with Crippen LogP contribution in [0.25, 0.3) is 71.7 Å². The van der Waals surface area contributed by atoms with Crippen molar-refractivity contribution in [3.05, 3.63) is 162 Å². The van der Waals surface area contributed by atoms with Crippen molar-refractivity contribution in [2.75, 3.05) is 0 Å². The molecule has 0 aliphatic heterocycles. The normalized spacial score (nSPS) is 15.7. The molecule has 2 unspecified atom stereocenters. The number of para-hydroxylation sites is 2. The average Bonchev–Trinajstić information content (AvgIpc) is 3.70. The number of benzene rings is 6. The van der Waals surface area contributed by atoms with E-state index in [1.807, 2.05) is 36.4 Å². The number of allylic oxidation sites excluding steroid dienone is 4. The third-order valence-corrected chi connectivity index (χ3v) is 10.3. The van der Waals surface area contributed by atoms with Crippen LogP contribution >= 0.6 is 0 Å². The molecular formula is C46H29N5. The minimum Gasteiger partial charge on any atom is -0.309 e.